The first-order valence-electron chi connectivity index (χ1n) is 12.1. The number of carbonyl (C=O) groups is 1. The Kier molecular flexibility index (Phi) is 6.73. The van der Waals surface area contributed by atoms with Crippen LogP contribution in [-0.4, -0.2) is 21.6 Å². The van der Waals surface area contributed by atoms with E-state index in [0.29, 0.717) is 5.56 Å². The molecule has 37 heavy (non-hydrogen) atoms. The lowest BCUT2D eigenvalue weighted by molar-refractivity contribution is -0.384. The third-order valence-electron chi connectivity index (χ3n) is 6.76. The summed E-state index contributed by atoms with van der Waals surface area (Å²) in [6.07, 6.45) is 6.34. The summed E-state index contributed by atoms with van der Waals surface area (Å²) in [5, 5.41) is 27.2. The minimum Gasteiger partial charge on any atom is -0.266 e. The third kappa shape index (κ3) is 4.95. The Bertz CT molecular complexity index is 1450. The second-order valence-electron chi connectivity index (χ2n) is 9.09. The quantitative estimate of drug-likeness (QED) is 0.181. The van der Waals surface area contributed by atoms with Gasteiger partial charge in [0.25, 0.3) is 11.6 Å². The summed E-state index contributed by atoms with van der Waals surface area (Å²) in [5.41, 5.74) is 4.44. The van der Waals surface area contributed by atoms with Crippen molar-refractivity contribution in [3.8, 4) is 6.07 Å². The van der Waals surface area contributed by atoms with E-state index in [1.807, 2.05) is 66.7 Å². The van der Waals surface area contributed by atoms with Gasteiger partial charge in [-0.25, -0.2) is 5.01 Å². The van der Waals surface area contributed by atoms with Crippen LogP contribution in [-0.2, 0) is 4.79 Å². The summed E-state index contributed by atoms with van der Waals surface area (Å²) in [4.78, 5) is 24.2. The summed E-state index contributed by atoms with van der Waals surface area (Å²) in [7, 11) is 0. The predicted molar refractivity (Wildman–Crippen MR) is 142 cm³/mol. The van der Waals surface area contributed by atoms with Crippen molar-refractivity contribution in [2.24, 2.45) is 11.0 Å². The number of fused-ring (bicyclic) bond motifs is 1. The molecular weight excluding hydrogens is 464 g/mol. The van der Waals surface area contributed by atoms with E-state index in [-0.39, 0.29) is 23.2 Å². The van der Waals surface area contributed by atoms with E-state index in [2.05, 4.69) is 6.08 Å². The first-order valence-corrected chi connectivity index (χ1v) is 12.1. The van der Waals surface area contributed by atoms with E-state index in [9.17, 15) is 20.2 Å². The van der Waals surface area contributed by atoms with E-state index in [0.717, 1.165) is 41.7 Å². The van der Waals surface area contributed by atoms with E-state index in [1.165, 1.54) is 35.4 Å². The van der Waals surface area contributed by atoms with Gasteiger partial charge in [-0.1, -0.05) is 60.7 Å². The van der Waals surface area contributed by atoms with Crippen molar-refractivity contribution in [2.45, 2.75) is 25.3 Å². The SMILES string of the molecule is N#C/C(=C/c1ccc([N+](=O)[O-])cc1)C(=O)N1N=C2/C(=C/c3ccccc3)CCC[C@@H]2[C@H]1c1ccccc1. The summed E-state index contributed by atoms with van der Waals surface area (Å²) in [6.45, 7) is 0. The highest BCUT2D eigenvalue weighted by Gasteiger charge is 2.44. The Labute approximate surface area is 214 Å². The van der Waals surface area contributed by atoms with Gasteiger partial charge in [-0.3, -0.25) is 14.9 Å². The van der Waals surface area contributed by atoms with E-state index in [4.69, 9.17) is 5.10 Å². The number of non-ortho nitro benzene ring substituents is 1. The Morgan fingerprint density at radius 1 is 1.00 bits per heavy atom. The highest BCUT2D eigenvalue weighted by molar-refractivity contribution is 6.10. The van der Waals surface area contributed by atoms with Gasteiger partial charge < -0.3 is 0 Å². The molecule has 1 saturated carbocycles. The van der Waals surface area contributed by atoms with E-state index < -0.39 is 10.8 Å². The number of benzene rings is 3. The number of hydrazone groups is 1. The van der Waals surface area contributed by atoms with Crippen LogP contribution < -0.4 is 0 Å². The normalized spacial score (nSPS) is 20.2. The predicted octanol–water partition coefficient (Wildman–Crippen LogP) is 6.32. The maximum Gasteiger partial charge on any atom is 0.285 e. The van der Waals surface area contributed by atoms with Crippen molar-refractivity contribution < 1.29 is 9.72 Å². The molecule has 1 aliphatic heterocycles. The second-order valence-corrected chi connectivity index (χ2v) is 9.09. The molecule has 182 valence electrons. The number of hydrogen-bond acceptors (Lipinski definition) is 5. The molecule has 1 heterocycles. The summed E-state index contributed by atoms with van der Waals surface area (Å²) >= 11 is 0. The van der Waals surface area contributed by atoms with Crippen LogP contribution in [0.15, 0.2) is 101 Å². The number of hydrogen-bond donors (Lipinski definition) is 0. The van der Waals surface area contributed by atoms with Crippen LogP contribution >= 0.6 is 0 Å². The van der Waals surface area contributed by atoms with Crippen LogP contribution in [0.2, 0.25) is 0 Å². The van der Waals surface area contributed by atoms with Gasteiger partial charge in [-0.15, -0.1) is 0 Å². The Hall–Kier alpha value is -4.83. The first-order chi connectivity index (χ1) is 18.0. The van der Waals surface area contributed by atoms with Crippen LogP contribution in [0.5, 0.6) is 0 Å². The van der Waals surface area contributed by atoms with Gasteiger partial charge in [0.15, 0.2) is 0 Å². The Morgan fingerprint density at radius 3 is 2.32 bits per heavy atom. The zero-order valence-electron chi connectivity index (χ0n) is 20.0. The summed E-state index contributed by atoms with van der Waals surface area (Å²) in [6, 6.07) is 27.3. The van der Waals surface area contributed by atoms with Crippen molar-refractivity contribution in [3.63, 3.8) is 0 Å². The van der Waals surface area contributed by atoms with Gasteiger partial charge in [0, 0.05) is 18.1 Å². The van der Waals surface area contributed by atoms with Gasteiger partial charge in [0.05, 0.1) is 16.7 Å². The molecule has 5 rings (SSSR count). The fraction of sp³-hybridized carbons (Fsp3) is 0.167. The van der Waals surface area contributed by atoms with Crippen molar-refractivity contribution in [3.05, 3.63) is 123 Å². The number of nitro benzene ring substituents is 1. The number of allylic oxidation sites excluding steroid dienone is 1. The van der Waals surface area contributed by atoms with Crippen molar-refractivity contribution >= 4 is 29.5 Å². The molecule has 1 amide bonds. The van der Waals surface area contributed by atoms with Gasteiger partial charge in [-0.05, 0) is 65.8 Å². The topological polar surface area (TPSA) is 99.6 Å². The van der Waals surface area contributed by atoms with E-state index in [1.54, 1.807) is 0 Å². The zero-order valence-corrected chi connectivity index (χ0v) is 20.0. The number of nitrogens with zero attached hydrogens (tertiary/aromatic N) is 4. The average Bonchev–Trinajstić information content (AvgIpc) is 3.33. The Balaban J connectivity index is 1.54. The van der Waals surface area contributed by atoms with Crippen LogP contribution in [0.25, 0.3) is 12.2 Å². The first kappa shape index (κ1) is 23.9. The average molecular weight is 489 g/mol. The molecule has 0 radical (unpaired) electrons. The molecule has 0 aromatic heterocycles. The number of rotatable bonds is 5. The second kappa shape index (κ2) is 10.4. The highest BCUT2D eigenvalue weighted by Crippen LogP contribution is 2.44. The van der Waals surface area contributed by atoms with Gasteiger partial charge in [0.1, 0.15) is 11.6 Å². The van der Waals surface area contributed by atoms with Gasteiger partial charge >= 0.3 is 0 Å². The maximum absolute atomic E-state index is 13.7. The van der Waals surface area contributed by atoms with Gasteiger partial charge in [-0.2, -0.15) is 10.4 Å². The molecule has 1 aliphatic carbocycles. The largest absolute Gasteiger partial charge is 0.285 e. The number of carbonyl (C=O) groups excluding carboxylic acids is 1. The molecule has 2 atom stereocenters. The lowest BCUT2D eigenvalue weighted by atomic mass is 9.77. The fourth-order valence-corrected chi connectivity index (χ4v) is 5.03. The molecule has 1 fully saturated rings. The number of nitro groups is 1. The standard InChI is InChI=1S/C30H24N4O3/c31-20-25(19-22-14-16-26(17-15-22)34(36)37)30(35)33-29(23-10-5-2-6-11-23)27-13-7-12-24(28(27)32-33)18-21-8-3-1-4-9-21/h1-6,8-11,14-19,27,29H,7,12-13H2/b24-18+,25-19-/t27-,29+/m0/s1. The lowest BCUT2D eigenvalue weighted by Gasteiger charge is -2.29. The monoisotopic (exact) mass is 488 g/mol. The molecular formula is C30H24N4O3. The van der Waals surface area contributed by atoms with E-state index >= 15 is 0 Å². The fourth-order valence-electron chi connectivity index (χ4n) is 5.03. The molecule has 0 unspecified atom stereocenters. The molecule has 2 aliphatic rings. The smallest absolute Gasteiger partial charge is 0.266 e. The molecule has 3 aromatic carbocycles. The lowest BCUT2D eigenvalue weighted by Crippen LogP contribution is -2.32. The van der Waals surface area contributed by atoms with Crippen LogP contribution in [0.4, 0.5) is 5.69 Å². The number of nitriles is 1. The van der Waals surface area contributed by atoms with Crippen LogP contribution in [0, 0.1) is 27.4 Å². The van der Waals surface area contributed by atoms with Crippen molar-refractivity contribution in [1.29, 1.82) is 5.26 Å². The molecule has 0 saturated heterocycles. The maximum atomic E-state index is 13.7. The molecule has 0 spiro atoms. The summed E-state index contributed by atoms with van der Waals surface area (Å²) < 4.78 is 0. The number of amides is 1. The Morgan fingerprint density at radius 2 is 1.68 bits per heavy atom. The molecule has 0 bridgehead atoms. The molecule has 3 aromatic rings. The molecule has 7 heteroatoms. The highest BCUT2D eigenvalue weighted by atomic mass is 16.6. The molecule has 7 nitrogen and oxygen atoms in total. The third-order valence-corrected chi connectivity index (χ3v) is 6.76. The zero-order chi connectivity index (χ0) is 25.8. The van der Waals surface area contributed by atoms with Gasteiger partial charge in [0.2, 0.25) is 0 Å². The molecule has 0 N–H and O–H groups in total. The van der Waals surface area contributed by atoms with Crippen LogP contribution in [0.1, 0.15) is 42.0 Å². The minimum absolute atomic E-state index is 0.0226. The summed E-state index contributed by atoms with van der Waals surface area (Å²) in [5.74, 6) is -0.468. The van der Waals surface area contributed by atoms with Crippen LogP contribution in [0.3, 0.4) is 0 Å². The van der Waals surface area contributed by atoms with Crippen molar-refractivity contribution in [2.75, 3.05) is 0 Å². The minimum atomic E-state index is -0.490. The van der Waals surface area contributed by atoms with Crippen molar-refractivity contribution in [1.82, 2.24) is 5.01 Å².